The van der Waals surface area contributed by atoms with Gasteiger partial charge in [0.1, 0.15) is 0 Å². The van der Waals surface area contributed by atoms with Crippen LogP contribution >= 0.6 is 0 Å². The van der Waals surface area contributed by atoms with E-state index in [1.807, 2.05) is 18.2 Å². The molecule has 0 bridgehead atoms. The van der Waals surface area contributed by atoms with Gasteiger partial charge in [0.15, 0.2) is 5.58 Å². The van der Waals surface area contributed by atoms with Gasteiger partial charge in [-0.25, -0.2) is 9.78 Å². The Bertz CT molecular complexity index is 664. The molecule has 0 aliphatic rings. The van der Waals surface area contributed by atoms with Crippen LogP contribution in [0, 0.1) is 0 Å². The number of rotatable bonds is 2. The van der Waals surface area contributed by atoms with E-state index in [2.05, 4.69) is 15.0 Å². The molecule has 3 rings (SSSR count). The van der Waals surface area contributed by atoms with Crippen molar-refractivity contribution in [2.75, 3.05) is 0 Å². The predicted octanol–water partition coefficient (Wildman–Crippen LogP) is 1.43. The van der Waals surface area contributed by atoms with Crippen LogP contribution in [0.1, 0.15) is 11.3 Å². The third kappa shape index (κ3) is 1.52. The molecule has 0 spiro atoms. The summed E-state index contributed by atoms with van der Waals surface area (Å²) in [6.07, 6.45) is 4.16. The maximum atomic E-state index is 11.0. The molecule has 0 aliphatic heterocycles. The molecule has 2 heterocycles. The van der Waals surface area contributed by atoms with E-state index in [9.17, 15) is 4.79 Å². The van der Waals surface area contributed by atoms with Gasteiger partial charge >= 0.3 is 5.76 Å². The van der Waals surface area contributed by atoms with E-state index in [4.69, 9.17) is 4.42 Å². The second kappa shape index (κ2) is 3.37. The molecule has 0 radical (unpaired) electrons. The molecule has 5 heteroatoms. The van der Waals surface area contributed by atoms with Gasteiger partial charge in [0.25, 0.3) is 0 Å². The maximum absolute atomic E-state index is 11.0. The average molecular weight is 215 g/mol. The molecule has 5 nitrogen and oxygen atoms in total. The SMILES string of the molecule is O=c1[nH]c2ccc(Cc3cnc[nH]3)cc2o1. The molecule has 3 aromatic rings. The van der Waals surface area contributed by atoms with E-state index in [0.717, 1.165) is 23.2 Å². The van der Waals surface area contributed by atoms with Gasteiger partial charge in [-0.05, 0) is 17.7 Å². The highest BCUT2D eigenvalue weighted by atomic mass is 16.4. The van der Waals surface area contributed by atoms with Crippen LogP contribution in [0.2, 0.25) is 0 Å². The number of aromatic amines is 2. The van der Waals surface area contributed by atoms with Crippen molar-refractivity contribution in [1.29, 1.82) is 0 Å². The van der Waals surface area contributed by atoms with Gasteiger partial charge in [-0.15, -0.1) is 0 Å². The summed E-state index contributed by atoms with van der Waals surface area (Å²) >= 11 is 0. The fourth-order valence-electron chi connectivity index (χ4n) is 1.70. The molecule has 0 saturated heterocycles. The van der Waals surface area contributed by atoms with Crippen molar-refractivity contribution in [3.63, 3.8) is 0 Å². The first-order chi connectivity index (χ1) is 7.81. The number of aromatic nitrogens is 3. The normalized spacial score (nSPS) is 11.0. The molecule has 2 aromatic heterocycles. The molecule has 0 fully saturated rings. The first-order valence-electron chi connectivity index (χ1n) is 4.90. The van der Waals surface area contributed by atoms with Crippen LogP contribution in [0.15, 0.2) is 39.9 Å². The summed E-state index contributed by atoms with van der Waals surface area (Å²) in [6.45, 7) is 0. The van der Waals surface area contributed by atoms with Crippen LogP contribution in [-0.2, 0) is 6.42 Å². The lowest BCUT2D eigenvalue weighted by atomic mass is 10.1. The maximum Gasteiger partial charge on any atom is 0.417 e. The van der Waals surface area contributed by atoms with Crippen molar-refractivity contribution in [3.8, 4) is 0 Å². The van der Waals surface area contributed by atoms with Gasteiger partial charge in [-0.3, -0.25) is 4.98 Å². The molecule has 80 valence electrons. The van der Waals surface area contributed by atoms with E-state index in [1.54, 1.807) is 12.5 Å². The van der Waals surface area contributed by atoms with E-state index >= 15 is 0 Å². The molecule has 0 saturated carbocycles. The second-order valence-corrected chi connectivity index (χ2v) is 3.60. The number of imidazole rings is 1. The zero-order valence-corrected chi connectivity index (χ0v) is 8.36. The van der Waals surface area contributed by atoms with Gasteiger partial charge in [-0.2, -0.15) is 0 Å². The third-order valence-electron chi connectivity index (χ3n) is 2.43. The minimum atomic E-state index is -0.423. The Kier molecular flexibility index (Phi) is 1.89. The largest absolute Gasteiger partial charge is 0.417 e. The molecular weight excluding hydrogens is 206 g/mol. The Morgan fingerprint density at radius 2 is 2.31 bits per heavy atom. The molecule has 0 atom stereocenters. The second-order valence-electron chi connectivity index (χ2n) is 3.60. The highest BCUT2D eigenvalue weighted by Crippen LogP contribution is 2.14. The number of nitrogens with zero attached hydrogens (tertiary/aromatic N) is 1. The molecular formula is C11H9N3O2. The highest BCUT2D eigenvalue weighted by Gasteiger charge is 2.03. The number of benzene rings is 1. The fourth-order valence-corrected chi connectivity index (χ4v) is 1.70. The predicted molar refractivity (Wildman–Crippen MR) is 58.2 cm³/mol. The van der Waals surface area contributed by atoms with Crippen LogP contribution in [0.25, 0.3) is 11.1 Å². The van der Waals surface area contributed by atoms with Crippen molar-refractivity contribution >= 4 is 11.1 Å². The van der Waals surface area contributed by atoms with Crippen LogP contribution < -0.4 is 5.76 Å². The summed E-state index contributed by atoms with van der Waals surface area (Å²) in [6, 6.07) is 5.65. The van der Waals surface area contributed by atoms with Gasteiger partial charge in [0, 0.05) is 18.3 Å². The monoisotopic (exact) mass is 215 g/mol. The van der Waals surface area contributed by atoms with Crippen LogP contribution in [0.3, 0.4) is 0 Å². The van der Waals surface area contributed by atoms with Crippen LogP contribution in [0.5, 0.6) is 0 Å². The number of oxazole rings is 1. The average Bonchev–Trinajstić information content (AvgIpc) is 2.85. The van der Waals surface area contributed by atoms with Crippen molar-refractivity contribution in [2.24, 2.45) is 0 Å². The minimum absolute atomic E-state index is 0.423. The summed E-state index contributed by atoms with van der Waals surface area (Å²) in [7, 11) is 0. The molecule has 1 aromatic carbocycles. The molecule has 0 amide bonds. The molecule has 16 heavy (non-hydrogen) atoms. The summed E-state index contributed by atoms with van der Waals surface area (Å²) in [4.78, 5) is 20.6. The highest BCUT2D eigenvalue weighted by molar-refractivity contribution is 5.72. The van der Waals surface area contributed by atoms with Crippen molar-refractivity contribution < 1.29 is 4.42 Å². The quantitative estimate of drug-likeness (QED) is 0.679. The number of fused-ring (bicyclic) bond motifs is 1. The fraction of sp³-hybridized carbons (Fsp3) is 0.0909. The summed E-state index contributed by atoms with van der Waals surface area (Å²) in [5.74, 6) is -0.423. The minimum Gasteiger partial charge on any atom is -0.408 e. The Morgan fingerprint density at radius 1 is 1.38 bits per heavy atom. The number of H-pyrrole nitrogens is 2. The van der Waals surface area contributed by atoms with Gasteiger partial charge in [0.2, 0.25) is 0 Å². The van der Waals surface area contributed by atoms with E-state index in [1.165, 1.54) is 0 Å². The zero-order chi connectivity index (χ0) is 11.0. The van der Waals surface area contributed by atoms with Gasteiger partial charge < -0.3 is 9.40 Å². The summed E-state index contributed by atoms with van der Waals surface area (Å²) < 4.78 is 4.99. The van der Waals surface area contributed by atoms with Crippen molar-refractivity contribution in [3.05, 3.63) is 52.5 Å². The van der Waals surface area contributed by atoms with Gasteiger partial charge in [0.05, 0.1) is 11.8 Å². The smallest absolute Gasteiger partial charge is 0.408 e. The first kappa shape index (κ1) is 8.96. The molecule has 2 N–H and O–H groups in total. The van der Waals surface area contributed by atoms with Crippen LogP contribution in [-0.4, -0.2) is 15.0 Å². The van der Waals surface area contributed by atoms with Crippen LogP contribution in [0.4, 0.5) is 0 Å². The number of hydrogen-bond donors (Lipinski definition) is 2. The number of nitrogens with one attached hydrogen (secondary N) is 2. The van der Waals surface area contributed by atoms with Crippen molar-refractivity contribution in [1.82, 2.24) is 15.0 Å². The Morgan fingerprint density at radius 3 is 3.12 bits per heavy atom. The molecule has 0 unspecified atom stereocenters. The summed E-state index contributed by atoms with van der Waals surface area (Å²) in [5, 5.41) is 0. The molecule has 0 aliphatic carbocycles. The Hall–Kier alpha value is -2.30. The van der Waals surface area contributed by atoms with Gasteiger partial charge in [-0.1, -0.05) is 6.07 Å². The van der Waals surface area contributed by atoms with E-state index in [-0.39, 0.29) is 0 Å². The Labute approximate surface area is 90.1 Å². The van der Waals surface area contributed by atoms with E-state index < -0.39 is 5.76 Å². The van der Waals surface area contributed by atoms with Crippen molar-refractivity contribution in [2.45, 2.75) is 6.42 Å². The van der Waals surface area contributed by atoms with E-state index in [0.29, 0.717) is 5.58 Å². The summed E-state index contributed by atoms with van der Waals surface area (Å²) in [5.41, 5.74) is 3.40. The topological polar surface area (TPSA) is 74.7 Å². The zero-order valence-electron chi connectivity index (χ0n) is 8.36. The standard InChI is InChI=1S/C11H9N3O2/c15-11-14-9-2-1-7(4-10(9)16-11)3-8-5-12-6-13-8/h1-2,4-6H,3H2,(H,12,13)(H,14,15). The number of hydrogen-bond acceptors (Lipinski definition) is 3. The lowest BCUT2D eigenvalue weighted by Gasteiger charge is -1.97. The first-order valence-corrected chi connectivity index (χ1v) is 4.90. The Balaban J connectivity index is 2.01. The lowest BCUT2D eigenvalue weighted by Crippen LogP contribution is -1.92. The third-order valence-corrected chi connectivity index (χ3v) is 2.43. The lowest BCUT2D eigenvalue weighted by molar-refractivity contribution is 0.555.